The van der Waals surface area contributed by atoms with Crippen LogP contribution in [0.3, 0.4) is 0 Å². The Morgan fingerprint density at radius 2 is 1.57 bits per heavy atom. The van der Waals surface area contributed by atoms with Crippen molar-refractivity contribution in [1.82, 2.24) is 9.21 Å². The third-order valence-electron chi connectivity index (χ3n) is 5.05. The van der Waals surface area contributed by atoms with Crippen LogP contribution in [0.5, 0.6) is 5.75 Å². The van der Waals surface area contributed by atoms with E-state index in [1.807, 2.05) is 32.9 Å². The molecule has 0 radical (unpaired) electrons. The largest absolute Gasteiger partial charge is 0.497 e. The van der Waals surface area contributed by atoms with Gasteiger partial charge in [0.25, 0.3) is 5.91 Å². The number of nitrogens with zero attached hydrogens (tertiary/aromatic N) is 2. The second-order valence-corrected chi connectivity index (χ2v) is 9.03. The zero-order valence-electron chi connectivity index (χ0n) is 16.7. The average Bonchev–Trinajstić information content (AvgIpc) is 2.66. The molecule has 0 bridgehead atoms. The first-order valence-corrected chi connectivity index (χ1v) is 10.7. The summed E-state index contributed by atoms with van der Waals surface area (Å²) >= 11 is 0. The number of hydrogen-bond acceptors (Lipinski definition) is 4. The van der Waals surface area contributed by atoms with E-state index < -0.39 is 10.0 Å². The maximum atomic E-state index is 13.2. The quantitative estimate of drug-likeness (QED) is 0.789. The van der Waals surface area contributed by atoms with Crippen LogP contribution in [-0.2, 0) is 10.0 Å². The van der Waals surface area contributed by atoms with Crippen molar-refractivity contribution in [2.24, 2.45) is 0 Å². The lowest BCUT2D eigenvalue weighted by atomic mass is 10.1. The molecule has 0 atom stereocenters. The van der Waals surface area contributed by atoms with Crippen molar-refractivity contribution >= 4 is 15.9 Å². The van der Waals surface area contributed by atoms with E-state index in [1.165, 1.54) is 4.31 Å². The van der Waals surface area contributed by atoms with Crippen LogP contribution in [0.15, 0.2) is 41.3 Å². The fraction of sp³-hybridized carbons (Fsp3) is 0.381. The molecule has 1 heterocycles. The van der Waals surface area contributed by atoms with Gasteiger partial charge in [-0.25, -0.2) is 8.42 Å². The van der Waals surface area contributed by atoms with Crippen LogP contribution in [0.4, 0.5) is 0 Å². The number of sulfonamides is 1. The highest BCUT2D eigenvalue weighted by atomic mass is 32.2. The number of aryl methyl sites for hydroxylation is 3. The molecule has 1 aliphatic rings. The smallest absolute Gasteiger partial charge is 0.254 e. The Labute approximate surface area is 166 Å². The second-order valence-electron chi connectivity index (χ2n) is 7.16. The number of amides is 1. The Hall–Kier alpha value is -2.38. The van der Waals surface area contributed by atoms with Gasteiger partial charge in [0, 0.05) is 31.7 Å². The number of benzene rings is 2. The van der Waals surface area contributed by atoms with Gasteiger partial charge in [0.1, 0.15) is 5.75 Å². The summed E-state index contributed by atoms with van der Waals surface area (Å²) in [7, 11) is -2.03. The number of ether oxygens (including phenoxy) is 1. The molecule has 0 N–H and O–H groups in total. The molecular weight excluding hydrogens is 376 g/mol. The number of piperazine rings is 1. The molecule has 0 spiro atoms. The Morgan fingerprint density at radius 3 is 2.14 bits per heavy atom. The molecule has 6 nitrogen and oxygen atoms in total. The predicted octanol–water partition coefficient (Wildman–Crippen LogP) is 2.77. The molecular formula is C21H26N2O4S. The van der Waals surface area contributed by atoms with Gasteiger partial charge >= 0.3 is 0 Å². The fourth-order valence-corrected chi connectivity index (χ4v) is 5.61. The molecule has 3 rings (SSSR count). The summed E-state index contributed by atoms with van der Waals surface area (Å²) in [5, 5.41) is 0. The minimum Gasteiger partial charge on any atom is -0.497 e. The zero-order valence-corrected chi connectivity index (χ0v) is 17.5. The van der Waals surface area contributed by atoms with Crippen LogP contribution in [0, 0.1) is 20.8 Å². The van der Waals surface area contributed by atoms with Crippen LogP contribution in [0.1, 0.15) is 27.0 Å². The Kier molecular flexibility index (Phi) is 5.76. The van der Waals surface area contributed by atoms with Crippen molar-refractivity contribution in [2.75, 3.05) is 33.3 Å². The maximum Gasteiger partial charge on any atom is 0.254 e. The van der Waals surface area contributed by atoms with Crippen LogP contribution < -0.4 is 4.74 Å². The Bertz CT molecular complexity index is 970. The molecule has 0 unspecified atom stereocenters. The molecule has 1 aliphatic heterocycles. The van der Waals surface area contributed by atoms with Gasteiger partial charge in [-0.15, -0.1) is 0 Å². The molecule has 1 saturated heterocycles. The number of hydrogen-bond donors (Lipinski definition) is 0. The summed E-state index contributed by atoms with van der Waals surface area (Å²) in [4.78, 5) is 14.8. The molecule has 0 aliphatic carbocycles. The van der Waals surface area contributed by atoms with Gasteiger partial charge < -0.3 is 9.64 Å². The van der Waals surface area contributed by atoms with Crippen LogP contribution in [-0.4, -0.2) is 56.8 Å². The van der Waals surface area contributed by atoms with Crippen LogP contribution in [0.25, 0.3) is 0 Å². The summed E-state index contributed by atoms with van der Waals surface area (Å²) in [6.45, 7) is 6.90. The van der Waals surface area contributed by atoms with Gasteiger partial charge in [0.05, 0.1) is 12.0 Å². The monoisotopic (exact) mass is 402 g/mol. The molecule has 1 amide bonds. The number of carbonyl (C=O) groups excluding carboxylic acids is 1. The molecule has 150 valence electrons. The standard InChI is InChI=1S/C21H26N2O4S/c1-15-12-16(2)20(17(3)13-15)28(25,26)23-10-8-22(9-11-23)21(24)18-6-5-7-19(14-18)27-4/h5-7,12-14H,8-11H2,1-4H3. The van der Waals surface area contributed by atoms with Crippen molar-refractivity contribution in [3.05, 3.63) is 58.7 Å². The molecule has 28 heavy (non-hydrogen) atoms. The number of carbonyl (C=O) groups is 1. The van der Waals surface area contributed by atoms with Crippen molar-refractivity contribution < 1.29 is 17.9 Å². The van der Waals surface area contributed by atoms with Gasteiger partial charge in [0.15, 0.2) is 0 Å². The van der Waals surface area contributed by atoms with E-state index in [-0.39, 0.29) is 19.0 Å². The van der Waals surface area contributed by atoms with Crippen molar-refractivity contribution in [2.45, 2.75) is 25.7 Å². The van der Waals surface area contributed by atoms with E-state index >= 15 is 0 Å². The highest BCUT2D eigenvalue weighted by Gasteiger charge is 2.32. The van der Waals surface area contributed by atoms with E-state index in [0.29, 0.717) is 29.3 Å². The number of methoxy groups -OCH3 is 1. The predicted molar refractivity (Wildman–Crippen MR) is 108 cm³/mol. The highest BCUT2D eigenvalue weighted by molar-refractivity contribution is 7.89. The van der Waals surface area contributed by atoms with Crippen molar-refractivity contribution in [1.29, 1.82) is 0 Å². The summed E-state index contributed by atoms with van der Waals surface area (Å²) in [6, 6.07) is 10.8. The topological polar surface area (TPSA) is 66.9 Å². The lowest BCUT2D eigenvalue weighted by Crippen LogP contribution is -2.50. The Morgan fingerprint density at radius 1 is 0.964 bits per heavy atom. The van der Waals surface area contributed by atoms with Gasteiger partial charge in [-0.05, 0) is 50.1 Å². The third-order valence-corrected chi connectivity index (χ3v) is 7.25. The van der Waals surface area contributed by atoms with E-state index in [4.69, 9.17) is 4.74 Å². The lowest BCUT2D eigenvalue weighted by molar-refractivity contribution is 0.0697. The maximum absolute atomic E-state index is 13.2. The average molecular weight is 403 g/mol. The van der Waals surface area contributed by atoms with Crippen molar-refractivity contribution in [3.8, 4) is 5.75 Å². The molecule has 0 aromatic heterocycles. The normalized spacial score (nSPS) is 15.5. The third kappa shape index (κ3) is 3.91. The van der Waals surface area contributed by atoms with E-state index in [0.717, 1.165) is 16.7 Å². The van der Waals surface area contributed by atoms with E-state index in [2.05, 4.69) is 0 Å². The van der Waals surface area contributed by atoms with Gasteiger partial charge in [-0.1, -0.05) is 23.8 Å². The zero-order chi connectivity index (χ0) is 20.5. The lowest BCUT2D eigenvalue weighted by Gasteiger charge is -2.34. The van der Waals surface area contributed by atoms with Crippen LogP contribution >= 0.6 is 0 Å². The number of rotatable bonds is 4. The first kappa shape index (κ1) is 20.4. The highest BCUT2D eigenvalue weighted by Crippen LogP contribution is 2.26. The first-order chi connectivity index (χ1) is 13.2. The summed E-state index contributed by atoms with van der Waals surface area (Å²) in [5.74, 6) is 0.510. The summed E-state index contributed by atoms with van der Waals surface area (Å²) < 4.78 is 33.0. The molecule has 2 aromatic rings. The molecule has 7 heteroatoms. The summed E-state index contributed by atoms with van der Waals surface area (Å²) in [6.07, 6.45) is 0. The fourth-order valence-electron chi connectivity index (χ4n) is 3.77. The summed E-state index contributed by atoms with van der Waals surface area (Å²) in [5.41, 5.74) is 3.10. The molecule has 1 fully saturated rings. The molecule has 2 aromatic carbocycles. The van der Waals surface area contributed by atoms with Gasteiger partial charge in [0.2, 0.25) is 10.0 Å². The van der Waals surface area contributed by atoms with Gasteiger partial charge in [-0.2, -0.15) is 4.31 Å². The van der Waals surface area contributed by atoms with E-state index in [1.54, 1.807) is 36.3 Å². The second kappa shape index (κ2) is 7.93. The minimum absolute atomic E-state index is 0.112. The van der Waals surface area contributed by atoms with E-state index in [9.17, 15) is 13.2 Å². The SMILES string of the molecule is COc1cccc(C(=O)N2CCN(S(=O)(=O)c3c(C)cc(C)cc3C)CC2)c1. The molecule has 0 saturated carbocycles. The first-order valence-electron chi connectivity index (χ1n) is 9.25. The van der Waals surface area contributed by atoms with Crippen molar-refractivity contribution in [3.63, 3.8) is 0 Å². The Balaban J connectivity index is 1.75. The van der Waals surface area contributed by atoms with Gasteiger partial charge in [-0.3, -0.25) is 4.79 Å². The minimum atomic E-state index is -3.59. The van der Waals surface area contributed by atoms with Crippen LogP contribution in [0.2, 0.25) is 0 Å².